The number of primary amides is 2. The molecule has 1 aliphatic heterocycles. The normalized spacial score (nSPS) is 16.3. The van der Waals surface area contributed by atoms with E-state index in [1.165, 1.54) is 0 Å². The Morgan fingerprint density at radius 2 is 1.83 bits per heavy atom. The Hall–Kier alpha value is -4.17. The fourth-order valence-corrected chi connectivity index (χ4v) is 5.16. The first-order valence-electron chi connectivity index (χ1n) is 11.8. The Kier molecular flexibility index (Phi) is 5.37. The molecule has 4 aromatic rings. The summed E-state index contributed by atoms with van der Waals surface area (Å²) in [6.07, 6.45) is 0.0997. The molecule has 1 fully saturated rings. The first kappa shape index (κ1) is 23.6. The highest BCUT2D eigenvalue weighted by molar-refractivity contribution is 6.20. The SMILES string of the molecule is Cc1c(-c2ccc(C(N)=O)c3[nH]c4cc(C(C)(C)O)ccc4c23)cccc1N1CC(C(N)=O)CC1=O. The van der Waals surface area contributed by atoms with E-state index in [9.17, 15) is 19.5 Å². The molecule has 3 aromatic carbocycles. The molecule has 1 aromatic heterocycles. The van der Waals surface area contributed by atoms with E-state index >= 15 is 0 Å². The number of benzene rings is 3. The van der Waals surface area contributed by atoms with E-state index < -0.39 is 23.3 Å². The van der Waals surface area contributed by atoms with Crippen LogP contribution in [0.5, 0.6) is 0 Å². The Morgan fingerprint density at radius 1 is 1.08 bits per heavy atom. The molecule has 0 aliphatic carbocycles. The van der Waals surface area contributed by atoms with Gasteiger partial charge in [0.25, 0.3) is 5.91 Å². The second-order valence-electron chi connectivity index (χ2n) is 9.98. The maximum atomic E-state index is 12.7. The molecule has 3 amide bonds. The predicted molar refractivity (Wildman–Crippen MR) is 139 cm³/mol. The number of anilines is 1. The minimum absolute atomic E-state index is 0.0997. The lowest BCUT2D eigenvalue weighted by Gasteiger charge is -2.21. The fraction of sp³-hybridized carbons (Fsp3) is 0.250. The third-order valence-corrected chi connectivity index (χ3v) is 7.14. The van der Waals surface area contributed by atoms with Crippen molar-refractivity contribution in [2.45, 2.75) is 32.8 Å². The van der Waals surface area contributed by atoms with Gasteiger partial charge in [0, 0.05) is 34.9 Å². The van der Waals surface area contributed by atoms with Crippen LogP contribution in [0.3, 0.4) is 0 Å². The van der Waals surface area contributed by atoms with Gasteiger partial charge in [-0.05, 0) is 61.2 Å². The molecule has 5 rings (SSSR count). The zero-order valence-corrected chi connectivity index (χ0v) is 20.4. The molecule has 0 saturated carbocycles. The topological polar surface area (TPSA) is 143 Å². The van der Waals surface area contributed by atoms with Gasteiger partial charge in [-0.1, -0.05) is 30.3 Å². The third-order valence-electron chi connectivity index (χ3n) is 7.14. The van der Waals surface area contributed by atoms with Crippen molar-refractivity contribution in [1.82, 2.24) is 4.98 Å². The van der Waals surface area contributed by atoms with Gasteiger partial charge in [0.2, 0.25) is 11.8 Å². The van der Waals surface area contributed by atoms with Crippen molar-refractivity contribution in [2.24, 2.45) is 17.4 Å². The standard InChI is InChI=1S/C28H28N4O4/c1-14-17(5-4-6-22(14)32-13-15(26(29)34)11-23(32)33)18-9-10-20(27(30)35)25-24(18)19-8-7-16(28(2,3)36)12-21(19)31-25/h4-10,12,15,31,36H,11,13H2,1-3H3,(H2,29,34)(H2,30,35). The number of aromatic nitrogens is 1. The summed E-state index contributed by atoms with van der Waals surface area (Å²) in [4.78, 5) is 41.6. The highest BCUT2D eigenvalue weighted by Gasteiger charge is 2.35. The second-order valence-corrected chi connectivity index (χ2v) is 9.98. The molecule has 8 heteroatoms. The number of nitrogens with zero attached hydrogens (tertiary/aromatic N) is 1. The van der Waals surface area contributed by atoms with Crippen LogP contribution >= 0.6 is 0 Å². The molecular formula is C28H28N4O4. The lowest BCUT2D eigenvalue weighted by molar-refractivity contribution is -0.123. The van der Waals surface area contributed by atoms with Gasteiger partial charge in [-0.3, -0.25) is 14.4 Å². The number of aliphatic hydroxyl groups is 1. The zero-order valence-electron chi connectivity index (χ0n) is 20.4. The van der Waals surface area contributed by atoms with Crippen LogP contribution in [0, 0.1) is 12.8 Å². The van der Waals surface area contributed by atoms with Gasteiger partial charge in [-0.2, -0.15) is 0 Å². The maximum absolute atomic E-state index is 12.7. The number of rotatable bonds is 5. The number of carbonyl (C=O) groups excluding carboxylic acids is 3. The van der Waals surface area contributed by atoms with Crippen molar-refractivity contribution in [3.8, 4) is 11.1 Å². The first-order chi connectivity index (χ1) is 17.0. The van der Waals surface area contributed by atoms with Crippen LogP contribution in [-0.2, 0) is 15.2 Å². The number of H-pyrrole nitrogens is 1. The average molecular weight is 485 g/mol. The lowest BCUT2D eigenvalue weighted by atomic mass is 9.92. The molecular weight excluding hydrogens is 456 g/mol. The van der Waals surface area contributed by atoms with Gasteiger partial charge in [0.05, 0.1) is 22.6 Å². The van der Waals surface area contributed by atoms with Crippen molar-refractivity contribution in [3.63, 3.8) is 0 Å². The Bertz CT molecular complexity index is 1580. The number of hydrogen-bond acceptors (Lipinski definition) is 4. The summed E-state index contributed by atoms with van der Waals surface area (Å²) >= 11 is 0. The molecule has 8 nitrogen and oxygen atoms in total. The highest BCUT2D eigenvalue weighted by Crippen LogP contribution is 2.41. The summed E-state index contributed by atoms with van der Waals surface area (Å²) in [5, 5.41) is 12.2. The lowest BCUT2D eigenvalue weighted by Crippen LogP contribution is -2.28. The van der Waals surface area contributed by atoms with Crippen LogP contribution in [0.2, 0.25) is 0 Å². The molecule has 0 spiro atoms. The van der Waals surface area contributed by atoms with E-state index in [1.807, 2.05) is 49.4 Å². The van der Waals surface area contributed by atoms with Crippen LogP contribution in [-0.4, -0.2) is 34.4 Å². The molecule has 1 aliphatic rings. The van der Waals surface area contributed by atoms with Crippen molar-refractivity contribution >= 4 is 45.2 Å². The van der Waals surface area contributed by atoms with Crippen LogP contribution in [0.25, 0.3) is 32.9 Å². The van der Waals surface area contributed by atoms with Crippen molar-refractivity contribution < 1.29 is 19.5 Å². The Morgan fingerprint density at radius 3 is 2.47 bits per heavy atom. The monoisotopic (exact) mass is 484 g/mol. The number of aromatic amines is 1. The summed E-state index contributed by atoms with van der Waals surface area (Å²) in [5.41, 5.74) is 16.0. The van der Waals surface area contributed by atoms with Crippen molar-refractivity contribution in [2.75, 3.05) is 11.4 Å². The second kappa shape index (κ2) is 8.20. The first-order valence-corrected chi connectivity index (χ1v) is 11.8. The molecule has 36 heavy (non-hydrogen) atoms. The summed E-state index contributed by atoms with van der Waals surface area (Å²) < 4.78 is 0. The zero-order chi connectivity index (χ0) is 25.9. The summed E-state index contributed by atoms with van der Waals surface area (Å²) in [5.74, 6) is -1.68. The summed E-state index contributed by atoms with van der Waals surface area (Å²) in [7, 11) is 0. The minimum atomic E-state index is -1.03. The summed E-state index contributed by atoms with van der Waals surface area (Å²) in [6, 6.07) is 14.9. The van der Waals surface area contributed by atoms with E-state index in [0.29, 0.717) is 11.1 Å². The van der Waals surface area contributed by atoms with Gasteiger partial charge < -0.3 is 26.5 Å². The van der Waals surface area contributed by atoms with E-state index in [-0.39, 0.29) is 18.9 Å². The molecule has 1 atom stereocenters. The van der Waals surface area contributed by atoms with E-state index in [1.54, 1.807) is 24.8 Å². The molecule has 1 saturated heterocycles. The molecule has 0 bridgehead atoms. The smallest absolute Gasteiger partial charge is 0.250 e. The molecule has 184 valence electrons. The van der Waals surface area contributed by atoms with E-state index in [0.717, 1.165) is 44.2 Å². The summed E-state index contributed by atoms with van der Waals surface area (Å²) in [6.45, 7) is 5.62. The van der Waals surface area contributed by atoms with Crippen LogP contribution in [0.1, 0.15) is 41.8 Å². The molecule has 2 heterocycles. The van der Waals surface area contributed by atoms with Gasteiger partial charge in [0.1, 0.15) is 0 Å². The number of fused-ring (bicyclic) bond motifs is 3. The number of carbonyl (C=O) groups is 3. The molecule has 0 radical (unpaired) electrons. The van der Waals surface area contributed by atoms with Gasteiger partial charge in [-0.15, -0.1) is 0 Å². The highest BCUT2D eigenvalue weighted by atomic mass is 16.3. The number of amides is 3. The van der Waals surface area contributed by atoms with Crippen LogP contribution in [0.15, 0.2) is 48.5 Å². The fourth-order valence-electron chi connectivity index (χ4n) is 5.16. The van der Waals surface area contributed by atoms with E-state index in [4.69, 9.17) is 11.5 Å². The number of nitrogens with one attached hydrogen (secondary N) is 1. The molecule has 1 unspecified atom stereocenters. The minimum Gasteiger partial charge on any atom is -0.386 e. The Balaban J connectivity index is 1.74. The average Bonchev–Trinajstić information content (AvgIpc) is 3.38. The van der Waals surface area contributed by atoms with Gasteiger partial charge in [-0.25, -0.2) is 0 Å². The van der Waals surface area contributed by atoms with E-state index in [2.05, 4.69) is 4.98 Å². The van der Waals surface area contributed by atoms with Gasteiger partial charge in [0.15, 0.2) is 0 Å². The van der Waals surface area contributed by atoms with Crippen LogP contribution < -0.4 is 16.4 Å². The quantitative estimate of drug-likeness (QED) is 0.344. The Labute approximate surface area is 207 Å². The van der Waals surface area contributed by atoms with Crippen molar-refractivity contribution in [3.05, 3.63) is 65.2 Å². The number of nitrogens with two attached hydrogens (primary N) is 2. The van der Waals surface area contributed by atoms with Crippen LogP contribution in [0.4, 0.5) is 5.69 Å². The maximum Gasteiger partial charge on any atom is 0.250 e. The largest absolute Gasteiger partial charge is 0.386 e. The third kappa shape index (κ3) is 3.70. The van der Waals surface area contributed by atoms with Crippen molar-refractivity contribution in [1.29, 1.82) is 0 Å². The predicted octanol–water partition coefficient (Wildman–Crippen LogP) is 3.46. The molecule has 6 N–H and O–H groups in total. The number of hydrogen-bond donors (Lipinski definition) is 4. The van der Waals surface area contributed by atoms with Gasteiger partial charge >= 0.3 is 0 Å².